The summed E-state index contributed by atoms with van der Waals surface area (Å²) in [4.78, 5) is 12.4. The molecule has 0 saturated heterocycles. The Bertz CT molecular complexity index is 1400. The standard InChI is InChI=1S/C26H26ClN7O3S/c1-2-36-23-10-6-4-8-21(23)30-24(35)17-38-26-33-32-25(34(26)28)31-29-15-19-7-3-5-9-22(19)37-16-18-11-13-20(27)14-12-18/h3-15H,2,16-17,28H2,1H3,(H,30,35)(H,31,32)/b29-15+. The molecule has 3 aromatic carbocycles. The normalized spacial score (nSPS) is 10.9. The topological polar surface area (TPSA) is 129 Å². The predicted molar refractivity (Wildman–Crippen MR) is 151 cm³/mol. The monoisotopic (exact) mass is 551 g/mol. The molecule has 12 heteroatoms. The number of benzene rings is 3. The maximum atomic E-state index is 12.4. The van der Waals surface area contributed by atoms with Crippen LogP contribution in [0, 0.1) is 0 Å². The summed E-state index contributed by atoms with van der Waals surface area (Å²) in [6.07, 6.45) is 1.60. The van der Waals surface area contributed by atoms with Gasteiger partial charge in [-0.05, 0) is 48.9 Å². The van der Waals surface area contributed by atoms with E-state index in [4.69, 9.17) is 26.9 Å². The lowest BCUT2D eigenvalue weighted by Crippen LogP contribution is -2.17. The zero-order chi connectivity index (χ0) is 26.7. The fourth-order valence-electron chi connectivity index (χ4n) is 3.24. The summed E-state index contributed by atoms with van der Waals surface area (Å²) in [5.41, 5.74) is 5.12. The first-order valence-corrected chi connectivity index (χ1v) is 13.0. The Morgan fingerprint density at radius 3 is 2.58 bits per heavy atom. The second-order valence-corrected chi connectivity index (χ2v) is 9.14. The molecular formula is C26H26ClN7O3S. The van der Waals surface area contributed by atoms with Gasteiger partial charge in [0.15, 0.2) is 0 Å². The number of nitrogen functional groups attached to an aromatic ring is 1. The van der Waals surface area contributed by atoms with Crippen LogP contribution in [0.3, 0.4) is 0 Å². The first kappa shape index (κ1) is 26.8. The van der Waals surface area contributed by atoms with Crippen LogP contribution in [0.25, 0.3) is 0 Å². The zero-order valence-corrected chi connectivity index (χ0v) is 22.1. The van der Waals surface area contributed by atoms with E-state index in [2.05, 4.69) is 26.0 Å². The molecule has 1 aromatic heterocycles. The van der Waals surface area contributed by atoms with Gasteiger partial charge in [0.2, 0.25) is 11.1 Å². The Hall–Kier alpha value is -4.22. The highest BCUT2D eigenvalue weighted by molar-refractivity contribution is 7.99. The van der Waals surface area contributed by atoms with E-state index < -0.39 is 0 Å². The summed E-state index contributed by atoms with van der Waals surface area (Å²) in [5.74, 6) is 7.42. The third kappa shape index (κ3) is 7.40. The Balaban J connectivity index is 1.31. The number of anilines is 2. The number of halogens is 1. The summed E-state index contributed by atoms with van der Waals surface area (Å²) in [6.45, 7) is 2.77. The van der Waals surface area contributed by atoms with E-state index in [1.54, 1.807) is 18.3 Å². The number of carbonyl (C=O) groups excluding carboxylic acids is 1. The molecule has 4 rings (SSSR count). The number of nitrogens with two attached hydrogens (primary N) is 1. The minimum absolute atomic E-state index is 0.0807. The van der Waals surface area contributed by atoms with Crippen molar-refractivity contribution in [2.75, 3.05) is 28.9 Å². The molecule has 0 aliphatic carbocycles. The van der Waals surface area contributed by atoms with E-state index in [0.717, 1.165) is 22.9 Å². The predicted octanol–water partition coefficient (Wildman–Crippen LogP) is 4.80. The molecule has 0 atom stereocenters. The SMILES string of the molecule is CCOc1ccccc1NC(=O)CSc1nnc(N/N=C/c2ccccc2OCc2ccc(Cl)cc2)n1N. The summed E-state index contributed by atoms with van der Waals surface area (Å²) >= 11 is 7.09. The second-order valence-electron chi connectivity index (χ2n) is 7.77. The number of hydrogen-bond donors (Lipinski definition) is 3. The summed E-state index contributed by atoms with van der Waals surface area (Å²) in [7, 11) is 0. The van der Waals surface area contributed by atoms with Crippen molar-refractivity contribution in [1.29, 1.82) is 0 Å². The molecule has 0 radical (unpaired) electrons. The average Bonchev–Trinajstić information content (AvgIpc) is 3.28. The van der Waals surface area contributed by atoms with Gasteiger partial charge in [0.05, 0.1) is 24.3 Å². The van der Waals surface area contributed by atoms with Crippen molar-refractivity contribution in [3.8, 4) is 11.5 Å². The molecule has 38 heavy (non-hydrogen) atoms. The highest BCUT2D eigenvalue weighted by atomic mass is 35.5. The minimum atomic E-state index is -0.229. The molecule has 0 saturated carbocycles. The number of ether oxygens (including phenoxy) is 2. The van der Waals surface area contributed by atoms with Crippen LogP contribution in [0.5, 0.6) is 11.5 Å². The van der Waals surface area contributed by atoms with E-state index in [1.807, 2.05) is 67.6 Å². The van der Waals surface area contributed by atoms with Gasteiger partial charge in [-0.25, -0.2) is 10.1 Å². The lowest BCUT2D eigenvalue weighted by molar-refractivity contribution is -0.113. The molecular weight excluding hydrogens is 526 g/mol. The van der Waals surface area contributed by atoms with Crippen molar-refractivity contribution in [3.63, 3.8) is 0 Å². The molecule has 0 aliphatic rings. The molecule has 0 fully saturated rings. The number of hydrazone groups is 1. The first-order chi connectivity index (χ1) is 18.5. The number of thioether (sulfide) groups is 1. The fraction of sp³-hybridized carbons (Fsp3) is 0.154. The number of rotatable bonds is 12. The van der Waals surface area contributed by atoms with Crippen molar-refractivity contribution >= 4 is 47.1 Å². The van der Waals surface area contributed by atoms with Crippen molar-refractivity contribution in [2.24, 2.45) is 5.10 Å². The molecule has 4 aromatic rings. The van der Waals surface area contributed by atoms with Crippen LogP contribution in [0.1, 0.15) is 18.1 Å². The maximum Gasteiger partial charge on any atom is 0.264 e. The van der Waals surface area contributed by atoms with Crippen molar-refractivity contribution in [1.82, 2.24) is 14.9 Å². The lowest BCUT2D eigenvalue weighted by Gasteiger charge is -2.11. The molecule has 0 unspecified atom stereocenters. The highest BCUT2D eigenvalue weighted by Gasteiger charge is 2.13. The molecule has 10 nitrogen and oxygen atoms in total. The number of hydrogen-bond acceptors (Lipinski definition) is 9. The number of aromatic nitrogens is 3. The third-order valence-corrected chi connectivity index (χ3v) is 6.25. The smallest absolute Gasteiger partial charge is 0.264 e. The van der Waals surface area contributed by atoms with Gasteiger partial charge in [-0.15, -0.1) is 10.2 Å². The molecule has 0 bridgehead atoms. The Morgan fingerprint density at radius 1 is 1.05 bits per heavy atom. The van der Waals surface area contributed by atoms with Crippen LogP contribution < -0.4 is 26.1 Å². The van der Waals surface area contributed by atoms with E-state index in [0.29, 0.717) is 40.6 Å². The quantitative estimate of drug-likeness (QED) is 0.0991. The molecule has 1 heterocycles. The van der Waals surface area contributed by atoms with Crippen LogP contribution in [0.2, 0.25) is 5.02 Å². The van der Waals surface area contributed by atoms with Gasteiger partial charge in [0, 0.05) is 10.6 Å². The number of amides is 1. The van der Waals surface area contributed by atoms with Crippen LogP contribution in [-0.4, -0.2) is 39.4 Å². The van der Waals surface area contributed by atoms with Crippen molar-refractivity contribution in [3.05, 3.63) is 88.9 Å². The lowest BCUT2D eigenvalue weighted by atomic mass is 10.2. The van der Waals surface area contributed by atoms with Gasteiger partial charge < -0.3 is 20.6 Å². The van der Waals surface area contributed by atoms with E-state index in [1.165, 1.54) is 4.68 Å². The average molecular weight is 552 g/mol. The largest absolute Gasteiger partial charge is 0.492 e. The number of para-hydroxylation sites is 3. The van der Waals surface area contributed by atoms with Gasteiger partial charge in [-0.2, -0.15) is 5.10 Å². The maximum absolute atomic E-state index is 12.4. The molecule has 0 spiro atoms. The first-order valence-electron chi connectivity index (χ1n) is 11.6. The van der Waals surface area contributed by atoms with Crippen molar-refractivity contribution < 1.29 is 14.3 Å². The Labute approximate surface area is 229 Å². The number of nitrogens with one attached hydrogen (secondary N) is 2. The van der Waals surface area contributed by atoms with Gasteiger partial charge in [-0.3, -0.25) is 4.79 Å². The van der Waals surface area contributed by atoms with Crippen LogP contribution in [0.15, 0.2) is 83.1 Å². The molecule has 1 amide bonds. The molecule has 0 aliphatic heterocycles. The third-order valence-electron chi connectivity index (χ3n) is 5.05. The second kappa shape index (κ2) is 13.4. The van der Waals surface area contributed by atoms with E-state index in [9.17, 15) is 4.79 Å². The fourth-order valence-corrected chi connectivity index (χ4v) is 4.02. The Morgan fingerprint density at radius 2 is 1.79 bits per heavy atom. The minimum Gasteiger partial charge on any atom is -0.492 e. The van der Waals surface area contributed by atoms with Gasteiger partial charge in [0.25, 0.3) is 5.95 Å². The molecule has 196 valence electrons. The van der Waals surface area contributed by atoms with Crippen LogP contribution >= 0.6 is 23.4 Å². The number of carbonyl (C=O) groups is 1. The van der Waals surface area contributed by atoms with Crippen molar-refractivity contribution in [2.45, 2.75) is 18.7 Å². The van der Waals surface area contributed by atoms with E-state index >= 15 is 0 Å². The summed E-state index contributed by atoms with van der Waals surface area (Å²) < 4.78 is 12.7. The van der Waals surface area contributed by atoms with Gasteiger partial charge in [0.1, 0.15) is 18.1 Å². The van der Waals surface area contributed by atoms with Crippen LogP contribution in [-0.2, 0) is 11.4 Å². The number of nitrogens with zero attached hydrogens (tertiary/aromatic N) is 4. The summed E-state index contributed by atoms with van der Waals surface area (Å²) in [6, 6.07) is 22.2. The zero-order valence-electron chi connectivity index (χ0n) is 20.5. The Kier molecular flexibility index (Phi) is 9.43. The van der Waals surface area contributed by atoms with Gasteiger partial charge >= 0.3 is 0 Å². The van der Waals surface area contributed by atoms with Crippen LogP contribution in [0.4, 0.5) is 11.6 Å². The molecule has 4 N–H and O–H groups in total. The van der Waals surface area contributed by atoms with E-state index in [-0.39, 0.29) is 17.6 Å². The van der Waals surface area contributed by atoms with Gasteiger partial charge in [-0.1, -0.05) is 59.8 Å². The summed E-state index contributed by atoms with van der Waals surface area (Å²) in [5, 5.41) is 16.1. The highest BCUT2D eigenvalue weighted by Crippen LogP contribution is 2.25.